The maximum absolute atomic E-state index is 11.9. The molecular weight excluding hydrogens is 270 g/mol. The second-order valence-electron chi connectivity index (χ2n) is 5.91. The molecule has 2 amide bonds. The van der Waals surface area contributed by atoms with E-state index in [1.54, 1.807) is 0 Å². The number of hydrogen-bond acceptors (Lipinski definition) is 3. The number of carboxylic acid groups (broad SMARTS) is 1. The van der Waals surface area contributed by atoms with E-state index in [0.29, 0.717) is 12.8 Å². The average molecular weight is 299 g/mol. The van der Waals surface area contributed by atoms with Crippen LogP contribution in [0.2, 0.25) is 0 Å². The lowest BCUT2D eigenvalue weighted by atomic mass is 9.77. The molecule has 1 rings (SSSR count). The summed E-state index contributed by atoms with van der Waals surface area (Å²) in [7, 11) is 0. The molecule has 0 aliphatic heterocycles. The van der Waals surface area contributed by atoms with Crippen molar-refractivity contribution in [3.8, 4) is 0 Å². The van der Waals surface area contributed by atoms with Gasteiger partial charge >= 0.3 is 12.0 Å². The minimum Gasteiger partial charge on any atom is -0.480 e. The van der Waals surface area contributed by atoms with Crippen LogP contribution in [0.15, 0.2) is 0 Å². The van der Waals surface area contributed by atoms with E-state index in [1.807, 2.05) is 6.92 Å². The van der Waals surface area contributed by atoms with Crippen LogP contribution < -0.4 is 10.6 Å². The molecule has 0 heterocycles. The summed E-state index contributed by atoms with van der Waals surface area (Å²) in [6.45, 7) is 9.35. The third-order valence-corrected chi connectivity index (χ3v) is 4.35. The molecule has 1 fully saturated rings. The van der Waals surface area contributed by atoms with Gasteiger partial charge in [0, 0.05) is 6.04 Å². The first-order valence-electron chi connectivity index (χ1n) is 7.98. The molecule has 0 bridgehead atoms. The summed E-state index contributed by atoms with van der Waals surface area (Å²) in [6.07, 6.45) is 3.81. The van der Waals surface area contributed by atoms with Gasteiger partial charge in [-0.05, 0) is 58.7 Å². The number of nitrogens with one attached hydrogen (secondary N) is 2. The van der Waals surface area contributed by atoms with Gasteiger partial charge < -0.3 is 20.6 Å². The third kappa shape index (κ3) is 5.19. The van der Waals surface area contributed by atoms with Crippen molar-refractivity contribution in [2.75, 3.05) is 19.6 Å². The predicted octanol–water partition coefficient (Wildman–Crippen LogP) is 1.80. The third-order valence-electron chi connectivity index (χ3n) is 4.35. The Morgan fingerprint density at radius 1 is 1.29 bits per heavy atom. The van der Waals surface area contributed by atoms with Crippen molar-refractivity contribution in [3.05, 3.63) is 0 Å². The van der Waals surface area contributed by atoms with Gasteiger partial charge in [-0.1, -0.05) is 13.8 Å². The average Bonchev–Trinajstić information content (AvgIpc) is 2.38. The second-order valence-corrected chi connectivity index (χ2v) is 5.91. The Morgan fingerprint density at radius 3 is 2.33 bits per heavy atom. The van der Waals surface area contributed by atoms with Crippen LogP contribution >= 0.6 is 0 Å². The lowest BCUT2D eigenvalue weighted by Crippen LogP contribution is -2.61. The molecule has 1 atom stereocenters. The largest absolute Gasteiger partial charge is 0.480 e. The zero-order valence-corrected chi connectivity index (χ0v) is 13.4. The lowest BCUT2D eigenvalue weighted by molar-refractivity contribution is -0.148. The van der Waals surface area contributed by atoms with Crippen LogP contribution in [-0.4, -0.2) is 53.2 Å². The van der Waals surface area contributed by atoms with Gasteiger partial charge in [0.2, 0.25) is 0 Å². The fourth-order valence-electron chi connectivity index (χ4n) is 2.63. The van der Waals surface area contributed by atoms with E-state index >= 15 is 0 Å². The van der Waals surface area contributed by atoms with E-state index < -0.39 is 11.5 Å². The van der Waals surface area contributed by atoms with E-state index in [2.05, 4.69) is 29.4 Å². The van der Waals surface area contributed by atoms with E-state index in [9.17, 15) is 14.7 Å². The highest BCUT2D eigenvalue weighted by Crippen LogP contribution is 2.31. The van der Waals surface area contributed by atoms with Crippen molar-refractivity contribution < 1.29 is 14.7 Å². The number of carbonyl (C=O) groups is 2. The van der Waals surface area contributed by atoms with Gasteiger partial charge in [-0.3, -0.25) is 0 Å². The molecule has 1 saturated carbocycles. The first kappa shape index (κ1) is 17.8. The molecule has 3 N–H and O–H groups in total. The summed E-state index contributed by atoms with van der Waals surface area (Å²) in [5.74, 6) is -0.932. The van der Waals surface area contributed by atoms with Crippen LogP contribution in [0.4, 0.5) is 4.79 Å². The van der Waals surface area contributed by atoms with Gasteiger partial charge in [-0.2, -0.15) is 0 Å². The summed E-state index contributed by atoms with van der Waals surface area (Å²) < 4.78 is 0. The fourth-order valence-corrected chi connectivity index (χ4v) is 2.63. The molecule has 1 aliphatic carbocycles. The minimum atomic E-state index is -1.04. The zero-order valence-electron chi connectivity index (χ0n) is 13.4. The molecule has 0 aromatic rings. The van der Waals surface area contributed by atoms with Crippen molar-refractivity contribution >= 4 is 12.0 Å². The van der Waals surface area contributed by atoms with Crippen LogP contribution in [-0.2, 0) is 4.79 Å². The highest BCUT2D eigenvalue weighted by Gasteiger charge is 2.45. The standard InChI is InChI=1S/C15H29N3O3/c1-4-18(5-2)11-6-8-12(3)16-14(21)17-15(13(19)20)9-7-10-15/h12H,4-11H2,1-3H3,(H,19,20)(H2,16,17,21). The number of hydrogen-bond donors (Lipinski definition) is 3. The second kappa shape index (κ2) is 8.22. The zero-order chi connectivity index (χ0) is 15.9. The van der Waals surface area contributed by atoms with Crippen molar-refractivity contribution in [2.24, 2.45) is 0 Å². The topological polar surface area (TPSA) is 81.7 Å². The van der Waals surface area contributed by atoms with E-state index in [1.165, 1.54) is 0 Å². The van der Waals surface area contributed by atoms with E-state index in [4.69, 9.17) is 0 Å². The summed E-state index contributed by atoms with van der Waals surface area (Å²) in [4.78, 5) is 25.4. The van der Waals surface area contributed by atoms with Crippen molar-refractivity contribution in [1.82, 2.24) is 15.5 Å². The molecule has 1 aliphatic rings. The Kier molecular flexibility index (Phi) is 6.95. The molecule has 0 aromatic heterocycles. The number of amides is 2. The molecular formula is C15H29N3O3. The van der Waals surface area contributed by atoms with Gasteiger partial charge in [0.05, 0.1) is 0 Å². The van der Waals surface area contributed by atoms with Crippen LogP contribution in [0.25, 0.3) is 0 Å². The molecule has 6 nitrogen and oxygen atoms in total. The van der Waals surface area contributed by atoms with Crippen LogP contribution in [0.3, 0.4) is 0 Å². The summed E-state index contributed by atoms with van der Waals surface area (Å²) in [6, 6.07) is -0.320. The van der Waals surface area contributed by atoms with Crippen molar-refractivity contribution in [3.63, 3.8) is 0 Å². The number of aliphatic carboxylic acids is 1. The van der Waals surface area contributed by atoms with Crippen molar-refractivity contribution in [1.29, 1.82) is 0 Å². The van der Waals surface area contributed by atoms with Gasteiger partial charge in [-0.15, -0.1) is 0 Å². The number of urea groups is 1. The normalized spacial score (nSPS) is 17.9. The van der Waals surface area contributed by atoms with Gasteiger partial charge in [-0.25, -0.2) is 9.59 Å². The summed E-state index contributed by atoms with van der Waals surface area (Å²) in [5.41, 5.74) is -1.04. The molecule has 21 heavy (non-hydrogen) atoms. The number of carbonyl (C=O) groups excluding carboxylic acids is 1. The number of rotatable bonds is 9. The maximum atomic E-state index is 11.9. The van der Waals surface area contributed by atoms with Gasteiger partial charge in [0.25, 0.3) is 0 Å². The molecule has 0 saturated heterocycles. The summed E-state index contributed by atoms with van der Waals surface area (Å²) in [5, 5.41) is 14.6. The van der Waals surface area contributed by atoms with Crippen LogP contribution in [0.1, 0.15) is 52.9 Å². The van der Waals surface area contributed by atoms with Gasteiger partial charge in [0.1, 0.15) is 5.54 Å². The van der Waals surface area contributed by atoms with Crippen LogP contribution in [0, 0.1) is 0 Å². The Balaban J connectivity index is 2.26. The quantitative estimate of drug-likeness (QED) is 0.606. The van der Waals surface area contributed by atoms with Crippen molar-refractivity contribution in [2.45, 2.75) is 64.5 Å². The molecule has 1 unspecified atom stereocenters. The Bertz CT molecular complexity index is 352. The maximum Gasteiger partial charge on any atom is 0.329 e. The highest BCUT2D eigenvalue weighted by molar-refractivity contribution is 5.87. The van der Waals surface area contributed by atoms with Crippen LogP contribution in [0.5, 0.6) is 0 Å². The number of carboxylic acids is 1. The molecule has 0 aromatic carbocycles. The monoisotopic (exact) mass is 299 g/mol. The summed E-state index contributed by atoms with van der Waals surface area (Å²) >= 11 is 0. The molecule has 6 heteroatoms. The SMILES string of the molecule is CCN(CC)CCCC(C)NC(=O)NC1(C(=O)O)CCC1. The predicted molar refractivity (Wildman–Crippen MR) is 82.4 cm³/mol. The minimum absolute atomic E-state index is 0.0477. The first-order chi connectivity index (χ1) is 9.93. The molecule has 0 radical (unpaired) electrons. The Hall–Kier alpha value is -1.30. The Labute approximate surface area is 127 Å². The Morgan fingerprint density at radius 2 is 1.90 bits per heavy atom. The molecule has 0 spiro atoms. The lowest BCUT2D eigenvalue weighted by Gasteiger charge is -2.38. The van der Waals surface area contributed by atoms with Gasteiger partial charge in [0.15, 0.2) is 0 Å². The first-order valence-corrected chi connectivity index (χ1v) is 7.98. The van der Waals surface area contributed by atoms with E-state index in [0.717, 1.165) is 38.9 Å². The number of nitrogens with zero attached hydrogens (tertiary/aromatic N) is 1. The molecule has 122 valence electrons. The highest BCUT2D eigenvalue weighted by atomic mass is 16.4. The smallest absolute Gasteiger partial charge is 0.329 e. The fraction of sp³-hybridized carbons (Fsp3) is 0.867. The van der Waals surface area contributed by atoms with E-state index in [-0.39, 0.29) is 12.1 Å².